The van der Waals surface area contributed by atoms with E-state index in [0.29, 0.717) is 22.0 Å². The van der Waals surface area contributed by atoms with Crippen LogP contribution in [0.15, 0.2) is 48.5 Å². The highest BCUT2D eigenvalue weighted by molar-refractivity contribution is 7.80. The Hall–Kier alpha value is -2.40. The molecule has 1 amide bonds. The third-order valence-electron chi connectivity index (χ3n) is 2.81. The molecular weight excluding hydrogens is 284 g/mol. The molecule has 4 nitrogen and oxygen atoms in total. The summed E-state index contributed by atoms with van der Waals surface area (Å²) in [4.78, 5) is 12.3. The highest BCUT2D eigenvalue weighted by Crippen LogP contribution is 2.16. The van der Waals surface area contributed by atoms with Gasteiger partial charge in [0.05, 0.1) is 0 Å². The van der Waals surface area contributed by atoms with Crippen molar-refractivity contribution in [3.05, 3.63) is 59.7 Å². The number of aryl methyl sites for hydroxylation is 1. The smallest absolute Gasteiger partial charge is 0.255 e. The number of carbonyl (C=O) groups excluding carboxylic acids is 1. The highest BCUT2D eigenvalue weighted by atomic mass is 32.1. The second-order valence-electron chi connectivity index (χ2n) is 4.60. The van der Waals surface area contributed by atoms with E-state index in [1.807, 2.05) is 19.1 Å². The molecule has 0 radical (unpaired) electrons. The van der Waals surface area contributed by atoms with Crippen molar-refractivity contribution in [1.82, 2.24) is 0 Å². The molecule has 2 aromatic rings. The second-order valence-corrected chi connectivity index (χ2v) is 5.12. The number of nitrogens with one attached hydrogen (secondary N) is 1. The maximum Gasteiger partial charge on any atom is 0.255 e. The largest absolute Gasteiger partial charge is 0.487 e. The van der Waals surface area contributed by atoms with E-state index in [-0.39, 0.29) is 12.5 Å². The number of carbonyl (C=O) groups is 1. The van der Waals surface area contributed by atoms with Gasteiger partial charge < -0.3 is 15.8 Å². The SMILES string of the molecule is Cc1ccc(C(=O)Nc2ccc(OCC(N)=S)cc2)cc1. The number of rotatable bonds is 5. The van der Waals surface area contributed by atoms with E-state index in [4.69, 9.17) is 22.7 Å². The van der Waals surface area contributed by atoms with Gasteiger partial charge in [-0.05, 0) is 43.3 Å². The number of anilines is 1. The van der Waals surface area contributed by atoms with Crippen LogP contribution in [-0.4, -0.2) is 17.5 Å². The van der Waals surface area contributed by atoms with Gasteiger partial charge in [-0.15, -0.1) is 0 Å². The molecule has 21 heavy (non-hydrogen) atoms. The van der Waals surface area contributed by atoms with Crippen LogP contribution in [0.25, 0.3) is 0 Å². The van der Waals surface area contributed by atoms with Crippen molar-refractivity contribution in [2.24, 2.45) is 5.73 Å². The summed E-state index contributed by atoms with van der Waals surface area (Å²) in [6.45, 7) is 2.18. The van der Waals surface area contributed by atoms with E-state index in [0.717, 1.165) is 5.56 Å². The summed E-state index contributed by atoms with van der Waals surface area (Å²) in [5.41, 5.74) is 7.79. The summed E-state index contributed by atoms with van der Waals surface area (Å²) in [5.74, 6) is 0.503. The highest BCUT2D eigenvalue weighted by Gasteiger charge is 2.05. The minimum atomic E-state index is -0.146. The van der Waals surface area contributed by atoms with Crippen LogP contribution in [-0.2, 0) is 0 Å². The topological polar surface area (TPSA) is 64.3 Å². The van der Waals surface area contributed by atoms with Crippen LogP contribution in [0.5, 0.6) is 5.75 Å². The first-order valence-electron chi connectivity index (χ1n) is 6.44. The predicted octanol–water partition coefficient (Wildman–Crippen LogP) is 2.91. The fourth-order valence-corrected chi connectivity index (χ4v) is 1.76. The Labute approximate surface area is 128 Å². The molecule has 2 rings (SSSR count). The molecule has 5 heteroatoms. The fraction of sp³-hybridized carbons (Fsp3) is 0.125. The fourth-order valence-electron chi connectivity index (χ4n) is 1.70. The van der Waals surface area contributed by atoms with Gasteiger partial charge in [-0.2, -0.15) is 0 Å². The summed E-state index contributed by atoms with van der Waals surface area (Å²) >= 11 is 4.74. The number of thiocarbonyl (C=S) groups is 1. The third-order valence-corrected chi connectivity index (χ3v) is 2.92. The van der Waals surface area contributed by atoms with Crippen molar-refractivity contribution in [3.63, 3.8) is 0 Å². The van der Waals surface area contributed by atoms with Gasteiger partial charge in [0.2, 0.25) is 0 Å². The normalized spacial score (nSPS) is 9.95. The maximum atomic E-state index is 12.0. The van der Waals surface area contributed by atoms with Crippen LogP contribution in [0, 0.1) is 6.92 Å². The number of ether oxygens (including phenoxy) is 1. The molecule has 0 atom stereocenters. The average molecular weight is 300 g/mol. The minimum absolute atomic E-state index is 0.146. The van der Waals surface area contributed by atoms with Crippen LogP contribution < -0.4 is 15.8 Å². The van der Waals surface area contributed by atoms with Crippen molar-refractivity contribution in [2.75, 3.05) is 11.9 Å². The van der Waals surface area contributed by atoms with Gasteiger partial charge in [0.25, 0.3) is 5.91 Å². The number of nitrogens with two attached hydrogens (primary N) is 1. The van der Waals surface area contributed by atoms with E-state index in [1.54, 1.807) is 36.4 Å². The molecule has 2 aromatic carbocycles. The standard InChI is InChI=1S/C16H16N2O2S/c1-11-2-4-12(5-3-11)16(19)18-13-6-8-14(9-7-13)20-10-15(17)21/h2-9H,10H2,1H3,(H2,17,21)(H,18,19). The van der Waals surface area contributed by atoms with Crippen LogP contribution >= 0.6 is 12.2 Å². The zero-order chi connectivity index (χ0) is 15.2. The molecule has 0 fully saturated rings. The Balaban J connectivity index is 1.98. The first-order chi connectivity index (χ1) is 10.0. The third kappa shape index (κ3) is 4.57. The molecule has 0 aliphatic rings. The Kier molecular flexibility index (Phi) is 4.90. The van der Waals surface area contributed by atoms with E-state index in [1.165, 1.54) is 0 Å². The Morgan fingerprint density at radius 1 is 1.14 bits per heavy atom. The van der Waals surface area contributed by atoms with E-state index in [2.05, 4.69) is 5.32 Å². The molecule has 3 N–H and O–H groups in total. The first-order valence-corrected chi connectivity index (χ1v) is 6.84. The van der Waals surface area contributed by atoms with Crippen molar-refractivity contribution >= 4 is 28.8 Å². The molecule has 0 aliphatic heterocycles. The van der Waals surface area contributed by atoms with Crippen molar-refractivity contribution in [3.8, 4) is 5.75 Å². The van der Waals surface area contributed by atoms with Crippen LogP contribution in [0.2, 0.25) is 0 Å². The van der Waals surface area contributed by atoms with Gasteiger partial charge in [0, 0.05) is 11.3 Å². The van der Waals surface area contributed by atoms with E-state index >= 15 is 0 Å². The Morgan fingerprint density at radius 3 is 2.33 bits per heavy atom. The first kappa shape index (κ1) is 15.0. The zero-order valence-corrected chi connectivity index (χ0v) is 12.4. The lowest BCUT2D eigenvalue weighted by molar-refractivity contribution is 0.102. The molecular formula is C16H16N2O2S. The summed E-state index contributed by atoms with van der Waals surface area (Å²) in [5, 5.41) is 2.82. The maximum absolute atomic E-state index is 12.0. The minimum Gasteiger partial charge on any atom is -0.487 e. The average Bonchev–Trinajstić information content (AvgIpc) is 2.47. The lowest BCUT2D eigenvalue weighted by atomic mass is 10.1. The van der Waals surface area contributed by atoms with Crippen LogP contribution in [0.1, 0.15) is 15.9 Å². The lowest BCUT2D eigenvalue weighted by Gasteiger charge is -2.08. The van der Waals surface area contributed by atoms with Crippen LogP contribution in [0.4, 0.5) is 5.69 Å². The second kappa shape index (κ2) is 6.85. The van der Waals surface area contributed by atoms with Crippen molar-refractivity contribution in [1.29, 1.82) is 0 Å². The number of hydrogen-bond acceptors (Lipinski definition) is 3. The van der Waals surface area contributed by atoms with Crippen molar-refractivity contribution in [2.45, 2.75) is 6.92 Å². The number of benzene rings is 2. The molecule has 0 saturated carbocycles. The zero-order valence-electron chi connectivity index (χ0n) is 11.6. The molecule has 108 valence electrons. The van der Waals surface area contributed by atoms with Gasteiger partial charge >= 0.3 is 0 Å². The molecule has 0 aromatic heterocycles. The molecule has 0 spiro atoms. The predicted molar refractivity (Wildman–Crippen MR) is 87.9 cm³/mol. The molecule has 0 aliphatic carbocycles. The summed E-state index contributed by atoms with van der Waals surface area (Å²) in [6, 6.07) is 14.4. The summed E-state index contributed by atoms with van der Waals surface area (Å²) in [7, 11) is 0. The van der Waals surface area contributed by atoms with Gasteiger partial charge in [0.15, 0.2) is 0 Å². The van der Waals surface area contributed by atoms with Gasteiger partial charge in [-0.3, -0.25) is 4.79 Å². The monoisotopic (exact) mass is 300 g/mol. The summed E-state index contributed by atoms with van der Waals surface area (Å²) < 4.78 is 5.35. The van der Waals surface area contributed by atoms with Gasteiger partial charge in [-0.25, -0.2) is 0 Å². The van der Waals surface area contributed by atoms with E-state index < -0.39 is 0 Å². The number of hydrogen-bond donors (Lipinski definition) is 2. The van der Waals surface area contributed by atoms with Gasteiger partial charge in [-0.1, -0.05) is 29.9 Å². The Morgan fingerprint density at radius 2 is 1.76 bits per heavy atom. The molecule has 0 saturated heterocycles. The quantitative estimate of drug-likeness (QED) is 0.833. The van der Waals surface area contributed by atoms with E-state index in [9.17, 15) is 4.79 Å². The molecule has 0 bridgehead atoms. The Bertz CT molecular complexity index is 636. The molecule has 0 unspecified atom stereocenters. The van der Waals surface area contributed by atoms with Crippen molar-refractivity contribution < 1.29 is 9.53 Å². The van der Waals surface area contributed by atoms with Gasteiger partial charge in [0.1, 0.15) is 17.3 Å². The molecule has 0 heterocycles. The number of amides is 1. The van der Waals surface area contributed by atoms with Crippen LogP contribution in [0.3, 0.4) is 0 Å². The summed E-state index contributed by atoms with van der Waals surface area (Å²) in [6.07, 6.45) is 0. The lowest BCUT2D eigenvalue weighted by Crippen LogP contribution is -2.17.